The summed E-state index contributed by atoms with van der Waals surface area (Å²) in [6.45, 7) is 5.42. The van der Waals surface area contributed by atoms with Gasteiger partial charge < -0.3 is 0 Å². The Bertz CT molecular complexity index is 737. The van der Waals surface area contributed by atoms with Gasteiger partial charge >= 0.3 is 161 Å². The zero-order chi connectivity index (χ0) is 19.4. The number of nitro benzene ring substituents is 1. The molecule has 0 bridgehead atoms. The van der Waals surface area contributed by atoms with Crippen LogP contribution in [0.3, 0.4) is 0 Å². The quantitative estimate of drug-likeness (QED) is 0.110. The molecule has 0 saturated carbocycles. The summed E-state index contributed by atoms with van der Waals surface area (Å²) < 4.78 is 5.31. The molecule has 27 heavy (non-hydrogen) atoms. The molecule has 0 aliphatic carbocycles. The molecule has 1 aromatic rings. The van der Waals surface area contributed by atoms with E-state index in [1.807, 2.05) is 0 Å². The second-order valence-electron chi connectivity index (χ2n) is 5.72. The molecule has 1 aliphatic rings. The standard InChI is InChI=1S/C15H17N3O5S.2BrH.Hg/c1-8(2)12(17-13(19)11(16)14(17)24)15(20)23-7-9-3-5-10(6-4-9)18(21)22;;;/h3-6,11-12,14,24H,1,7,16H2,2H3;2*1H;/q;;;+2/p-2. The van der Waals surface area contributed by atoms with Crippen LogP contribution in [-0.4, -0.2) is 39.2 Å². The van der Waals surface area contributed by atoms with Crippen molar-refractivity contribution in [2.45, 2.75) is 31.0 Å². The number of hydrogen-bond acceptors (Lipinski definition) is 7. The number of amides is 1. The first-order valence-corrected chi connectivity index (χ1v) is 27.3. The van der Waals surface area contributed by atoms with Crippen LogP contribution in [0.15, 0.2) is 36.4 Å². The van der Waals surface area contributed by atoms with E-state index in [0.717, 1.165) is 0 Å². The number of rotatable bonds is 8. The van der Waals surface area contributed by atoms with Gasteiger partial charge in [-0.3, -0.25) is 10.1 Å². The van der Waals surface area contributed by atoms with E-state index >= 15 is 0 Å². The number of carbonyl (C=O) groups is 2. The fourth-order valence-corrected chi connectivity index (χ4v) is 16.3. The molecule has 1 aliphatic heterocycles. The molecule has 1 amide bonds. The summed E-state index contributed by atoms with van der Waals surface area (Å²) in [5.41, 5.74) is 6.92. The molecule has 8 nitrogen and oxygen atoms in total. The van der Waals surface area contributed by atoms with Gasteiger partial charge in [-0.25, -0.2) is 0 Å². The zero-order valence-corrected chi connectivity index (χ0v) is 24.0. The third-order valence-corrected chi connectivity index (χ3v) is 17.2. The summed E-state index contributed by atoms with van der Waals surface area (Å²) in [5, 5.41) is 10.4. The minimum atomic E-state index is -1.31. The number of halogens is 2. The molecule has 1 saturated heterocycles. The summed E-state index contributed by atoms with van der Waals surface area (Å²) in [4.78, 5) is 36.3. The Hall–Kier alpha value is -0.495. The van der Waals surface area contributed by atoms with E-state index in [-0.39, 0.29) is 40.6 Å². The molecule has 1 fully saturated rings. The number of nitrogens with two attached hydrogens (primary N) is 1. The number of esters is 1. The molecule has 144 valence electrons. The second kappa shape index (κ2) is 10.9. The van der Waals surface area contributed by atoms with Crippen LogP contribution in [0.25, 0.3) is 0 Å². The van der Waals surface area contributed by atoms with E-state index in [9.17, 15) is 19.7 Å². The molecule has 2 rings (SSSR count). The van der Waals surface area contributed by atoms with Crippen molar-refractivity contribution in [2.75, 3.05) is 0 Å². The van der Waals surface area contributed by atoms with Crippen LogP contribution in [0.2, 0.25) is 0 Å². The first kappa shape index (κ1) is 24.5. The van der Waals surface area contributed by atoms with Gasteiger partial charge in [0.2, 0.25) is 0 Å². The summed E-state index contributed by atoms with van der Waals surface area (Å²) in [6, 6.07) is 4.22. The average molecular weight is 712 g/mol. The average Bonchev–Trinajstić information content (AvgIpc) is 2.62. The maximum atomic E-state index is 12.5. The van der Waals surface area contributed by atoms with Crippen LogP contribution in [-0.2, 0) is 41.6 Å². The number of hydrogen-bond donors (Lipinski definition) is 1. The first-order chi connectivity index (χ1) is 12.3. The van der Waals surface area contributed by atoms with Crippen molar-refractivity contribution in [3.05, 3.63) is 52.1 Å². The van der Waals surface area contributed by atoms with Gasteiger partial charge in [-0.05, 0) is 0 Å². The third-order valence-electron chi connectivity index (χ3n) is 3.85. The van der Waals surface area contributed by atoms with Gasteiger partial charge in [0, 0.05) is 0 Å². The summed E-state index contributed by atoms with van der Waals surface area (Å²) >= 11 is 2.20. The van der Waals surface area contributed by atoms with Crippen LogP contribution in [0.5, 0.6) is 0 Å². The van der Waals surface area contributed by atoms with E-state index in [0.29, 0.717) is 11.1 Å². The van der Waals surface area contributed by atoms with Crippen LogP contribution in [0, 0.1) is 10.1 Å². The van der Waals surface area contributed by atoms with Gasteiger partial charge in [-0.1, -0.05) is 0 Å². The molecule has 1 heterocycles. The van der Waals surface area contributed by atoms with Crippen molar-refractivity contribution >= 4 is 54.7 Å². The second-order valence-corrected chi connectivity index (χ2v) is 25.2. The summed E-state index contributed by atoms with van der Waals surface area (Å²) in [6.07, 6.45) is 0. The molecule has 0 spiro atoms. The maximum absolute atomic E-state index is 12.5. The van der Waals surface area contributed by atoms with Crippen molar-refractivity contribution in [1.82, 2.24) is 4.90 Å². The molecule has 12 heteroatoms. The van der Waals surface area contributed by atoms with Crippen molar-refractivity contribution in [1.29, 1.82) is 0 Å². The van der Waals surface area contributed by atoms with Crippen LogP contribution in [0.4, 0.5) is 5.69 Å². The molecule has 3 atom stereocenters. The SMILES string of the molecule is Br.C=C(C)C(C(=O)OCc1ccc([N+](=O)[O-])cc1)N1C(=O)C(N)C1[S][Hg][Br]. The Balaban J connectivity index is 0.00000364. The molecule has 0 aromatic heterocycles. The Morgan fingerprint density at radius 1 is 1.52 bits per heavy atom. The zero-order valence-electron chi connectivity index (χ0n) is 14.4. The van der Waals surface area contributed by atoms with Gasteiger partial charge in [0.1, 0.15) is 0 Å². The normalized spacial score (nSPS) is 19.2. The van der Waals surface area contributed by atoms with Crippen LogP contribution >= 0.6 is 37.1 Å². The molecular formula is C15H17Br2HgN3O5S. The number of nitro groups is 1. The number of likely N-dealkylation sites (tertiary alicyclic amines) is 1. The monoisotopic (exact) mass is 711 g/mol. The van der Waals surface area contributed by atoms with Crippen molar-refractivity contribution < 1.29 is 39.9 Å². The van der Waals surface area contributed by atoms with Crippen LogP contribution < -0.4 is 5.73 Å². The van der Waals surface area contributed by atoms with Crippen molar-refractivity contribution in [3.63, 3.8) is 0 Å². The molecule has 3 unspecified atom stereocenters. The number of β-lactam (4-membered cyclic amide) rings is 1. The number of benzene rings is 1. The number of nitrogens with zero attached hydrogens (tertiary/aromatic N) is 2. The van der Waals surface area contributed by atoms with Gasteiger partial charge in [-0.15, -0.1) is 17.0 Å². The van der Waals surface area contributed by atoms with Gasteiger partial charge in [0.05, 0.1) is 0 Å². The molecular weight excluding hydrogens is 695 g/mol. The van der Waals surface area contributed by atoms with E-state index in [2.05, 4.69) is 18.5 Å². The fraction of sp³-hybridized carbons (Fsp3) is 0.333. The molecule has 1 aromatic carbocycles. The Morgan fingerprint density at radius 2 is 2.11 bits per heavy atom. The predicted molar refractivity (Wildman–Crippen MR) is 107 cm³/mol. The fourth-order valence-electron chi connectivity index (χ4n) is 2.53. The first-order valence-electron chi connectivity index (χ1n) is 7.58. The Morgan fingerprint density at radius 3 is 2.59 bits per heavy atom. The third kappa shape index (κ3) is 5.75. The molecule has 0 radical (unpaired) electrons. The van der Waals surface area contributed by atoms with E-state index in [1.54, 1.807) is 15.2 Å². The Kier molecular flexibility index (Phi) is 9.90. The van der Waals surface area contributed by atoms with E-state index < -0.39 is 43.6 Å². The number of ether oxygens (including phenoxy) is 1. The topological polar surface area (TPSA) is 116 Å². The van der Waals surface area contributed by atoms with E-state index in [4.69, 9.17) is 10.5 Å². The summed E-state index contributed by atoms with van der Waals surface area (Å²) in [7, 11) is 1.63. The van der Waals surface area contributed by atoms with Gasteiger partial charge in [0.15, 0.2) is 0 Å². The van der Waals surface area contributed by atoms with Gasteiger partial charge in [-0.2, -0.15) is 0 Å². The van der Waals surface area contributed by atoms with Gasteiger partial charge in [0.25, 0.3) is 0 Å². The minimum absolute atomic E-state index is 0. The van der Waals surface area contributed by atoms with Crippen molar-refractivity contribution in [2.24, 2.45) is 5.73 Å². The predicted octanol–water partition coefficient (Wildman–Crippen LogP) is 2.70. The van der Waals surface area contributed by atoms with Crippen molar-refractivity contribution in [3.8, 4) is 0 Å². The summed E-state index contributed by atoms with van der Waals surface area (Å²) in [5.74, 6) is -0.884. The molecule has 2 N–H and O–H groups in total. The number of carbonyl (C=O) groups excluding carboxylic acids is 2. The van der Waals surface area contributed by atoms with E-state index in [1.165, 1.54) is 29.2 Å². The Labute approximate surface area is 187 Å². The number of non-ortho nitro benzene ring substituents is 1. The van der Waals surface area contributed by atoms with Crippen LogP contribution in [0.1, 0.15) is 12.5 Å².